The molecule has 0 spiro atoms. The van der Waals surface area contributed by atoms with Gasteiger partial charge in [-0.2, -0.15) is 0 Å². The van der Waals surface area contributed by atoms with Crippen LogP contribution in [0.2, 0.25) is 0 Å². The standard InChI is InChI=1S/C16H22N4O11S/c1-7(21)32-6-10-14(25)19-5-13(24)29-28-12(23)4-9(18)16(27)31-30-15(26)8(17)2-3-11(22)20-10/h8-10H,2-6,17-18H2,1H3,(H,19,25)(H,20,22). The topological polar surface area (TPSA) is 233 Å². The molecule has 0 bridgehead atoms. The Morgan fingerprint density at radius 2 is 1.56 bits per heavy atom. The lowest BCUT2D eigenvalue weighted by molar-refractivity contribution is -0.264. The third-order valence-corrected chi connectivity index (χ3v) is 4.53. The highest BCUT2D eigenvalue weighted by Crippen LogP contribution is 2.06. The molecule has 0 aromatic rings. The quantitative estimate of drug-likeness (QED) is 0.285. The maximum Gasteiger partial charge on any atom is 0.374 e. The highest BCUT2D eigenvalue weighted by molar-refractivity contribution is 8.13. The average molecular weight is 478 g/mol. The van der Waals surface area contributed by atoms with Gasteiger partial charge in [0.05, 0.1) is 6.42 Å². The second-order valence-corrected chi connectivity index (χ2v) is 7.51. The Labute approximate surface area is 185 Å². The summed E-state index contributed by atoms with van der Waals surface area (Å²) in [6.45, 7) is 0.508. The largest absolute Gasteiger partial charge is 0.374 e. The Morgan fingerprint density at radius 1 is 0.969 bits per heavy atom. The van der Waals surface area contributed by atoms with Gasteiger partial charge in [-0.25, -0.2) is 38.7 Å². The fourth-order valence-electron chi connectivity index (χ4n) is 1.96. The van der Waals surface area contributed by atoms with Gasteiger partial charge in [-0.1, -0.05) is 11.8 Å². The Balaban J connectivity index is 2.90. The van der Waals surface area contributed by atoms with Crippen molar-refractivity contribution in [1.82, 2.24) is 10.6 Å². The van der Waals surface area contributed by atoms with E-state index in [4.69, 9.17) is 11.5 Å². The first kappa shape index (κ1) is 26.8. The Kier molecular flexibility index (Phi) is 11.1. The summed E-state index contributed by atoms with van der Waals surface area (Å²) in [4.78, 5) is 98.9. The van der Waals surface area contributed by atoms with E-state index in [0.717, 1.165) is 11.8 Å². The molecule has 0 aromatic heterocycles. The van der Waals surface area contributed by atoms with Crippen LogP contribution >= 0.6 is 11.8 Å². The number of carbonyl (C=O) groups excluding carboxylic acids is 7. The molecule has 32 heavy (non-hydrogen) atoms. The number of amides is 2. The van der Waals surface area contributed by atoms with Crippen LogP contribution < -0.4 is 22.1 Å². The second-order valence-electron chi connectivity index (χ2n) is 6.31. The fourth-order valence-corrected chi connectivity index (χ4v) is 2.60. The molecule has 178 valence electrons. The van der Waals surface area contributed by atoms with Crippen LogP contribution in [0.4, 0.5) is 0 Å². The molecule has 3 atom stereocenters. The van der Waals surface area contributed by atoms with E-state index in [9.17, 15) is 33.6 Å². The van der Waals surface area contributed by atoms with Crippen molar-refractivity contribution < 1.29 is 53.1 Å². The summed E-state index contributed by atoms with van der Waals surface area (Å²) in [7, 11) is 0. The summed E-state index contributed by atoms with van der Waals surface area (Å²) in [6, 6.07) is -4.23. The minimum Gasteiger partial charge on any atom is -0.344 e. The summed E-state index contributed by atoms with van der Waals surface area (Å²) in [5, 5.41) is 4.15. The van der Waals surface area contributed by atoms with Gasteiger partial charge < -0.3 is 22.1 Å². The molecule has 3 unspecified atom stereocenters. The van der Waals surface area contributed by atoms with Crippen LogP contribution in [0, 0.1) is 0 Å². The van der Waals surface area contributed by atoms with Gasteiger partial charge in [-0.05, 0) is 6.42 Å². The molecule has 0 radical (unpaired) electrons. The van der Waals surface area contributed by atoms with Gasteiger partial charge in [0.2, 0.25) is 11.8 Å². The van der Waals surface area contributed by atoms with Crippen molar-refractivity contribution in [2.45, 2.75) is 44.3 Å². The van der Waals surface area contributed by atoms with Crippen LogP contribution in [0.25, 0.3) is 0 Å². The molecule has 15 nitrogen and oxygen atoms in total. The average Bonchev–Trinajstić information content (AvgIpc) is 2.74. The molecule has 1 fully saturated rings. The van der Waals surface area contributed by atoms with E-state index in [-0.39, 0.29) is 23.7 Å². The monoisotopic (exact) mass is 478 g/mol. The molecule has 1 saturated heterocycles. The van der Waals surface area contributed by atoms with Crippen molar-refractivity contribution in [1.29, 1.82) is 0 Å². The van der Waals surface area contributed by atoms with E-state index in [2.05, 4.69) is 30.2 Å². The molecule has 0 saturated carbocycles. The van der Waals surface area contributed by atoms with Gasteiger partial charge in [0, 0.05) is 19.1 Å². The van der Waals surface area contributed by atoms with E-state index in [1.807, 2.05) is 0 Å². The van der Waals surface area contributed by atoms with Crippen molar-refractivity contribution in [3.8, 4) is 0 Å². The third-order valence-electron chi connectivity index (χ3n) is 3.62. The number of hydrogen-bond donors (Lipinski definition) is 4. The van der Waals surface area contributed by atoms with Crippen LogP contribution in [0.3, 0.4) is 0 Å². The van der Waals surface area contributed by atoms with Crippen LogP contribution in [-0.4, -0.2) is 71.2 Å². The molecular formula is C16H22N4O11S. The molecular weight excluding hydrogens is 456 g/mol. The van der Waals surface area contributed by atoms with Crippen molar-refractivity contribution in [2.75, 3.05) is 12.3 Å². The smallest absolute Gasteiger partial charge is 0.344 e. The molecule has 1 heterocycles. The van der Waals surface area contributed by atoms with E-state index < -0.39 is 66.8 Å². The molecule has 0 aromatic carbocycles. The Hall–Kier alpha value is -3.24. The van der Waals surface area contributed by atoms with Gasteiger partial charge in [0.25, 0.3) is 0 Å². The summed E-state index contributed by atoms with van der Waals surface area (Å²) < 4.78 is 0. The van der Waals surface area contributed by atoms with Gasteiger partial charge in [0.15, 0.2) is 5.12 Å². The molecule has 0 aliphatic carbocycles. The van der Waals surface area contributed by atoms with Crippen LogP contribution in [0.15, 0.2) is 0 Å². The maximum absolute atomic E-state index is 12.3. The summed E-state index contributed by atoms with van der Waals surface area (Å²) in [5.41, 5.74) is 10.9. The van der Waals surface area contributed by atoms with Crippen molar-refractivity contribution >= 4 is 52.6 Å². The van der Waals surface area contributed by atoms with E-state index >= 15 is 0 Å². The predicted octanol–water partition coefficient (Wildman–Crippen LogP) is -3.29. The summed E-state index contributed by atoms with van der Waals surface area (Å²) in [6.07, 6.45) is -1.38. The molecule has 16 heteroatoms. The number of nitrogens with one attached hydrogen (secondary N) is 2. The van der Waals surface area contributed by atoms with Gasteiger partial charge in [-0.15, -0.1) is 0 Å². The molecule has 2 amide bonds. The lowest BCUT2D eigenvalue weighted by atomic mass is 10.1. The van der Waals surface area contributed by atoms with E-state index in [0.29, 0.717) is 0 Å². The summed E-state index contributed by atoms with van der Waals surface area (Å²) in [5.74, 6) is -6.64. The third kappa shape index (κ3) is 10.2. The molecule has 6 N–H and O–H groups in total. The number of carbonyl (C=O) groups is 7. The predicted molar refractivity (Wildman–Crippen MR) is 102 cm³/mol. The van der Waals surface area contributed by atoms with Crippen molar-refractivity contribution in [2.24, 2.45) is 11.5 Å². The van der Waals surface area contributed by atoms with Crippen molar-refractivity contribution in [3.63, 3.8) is 0 Å². The zero-order valence-corrected chi connectivity index (χ0v) is 17.6. The van der Waals surface area contributed by atoms with Crippen molar-refractivity contribution in [3.05, 3.63) is 0 Å². The first-order chi connectivity index (χ1) is 15.0. The zero-order valence-electron chi connectivity index (χ0n) is 16.8. The highest BCUT2D eigenvalue weighted by atomic mass is 32.2. The number of rotatable bonds is 2. The Morgan fingerprint density at radius 3 is 2.19 bits per heavy atom. The lowest BCUT2D eigenvalue weighted by Gasteiger charge is -2.17. The zero-order chi connectivity index (χ0) is 24.3. The summed E-state index contributed by atoms with van der Waals surface area (Å²) >= 11 is 0.745. The fraction of sp³-hybridized carbons (Fsp3) is 0.562. The van der Waals surface area contributed by atoms with Gasteiger partial charge in [0.1, 0.15) is 24.7 Å². The normalized spacial score (nSPS) is 24.9. The van der Waals surface area contributed by atoms with Crippen LogP contribution in [-0.2, 0) is 53.1 Å². The van der Waals surface area contributed by atoms with E-state index in [1.54, 1.807) is 0 Å². The molecule has 1 aliphatic heterocycles. The minimum absolute atomic E-state index is 0.154. The number of hydrogen-bond acceptors (Lipinski definition) is 14. The minimum atomic E-state index is -1.63. The van der Waals surface area contributed by atoms with Gasteiger partial charge >= 0.3 is 23.9 Å². The number of thioether (sulfide) groups is 1. The van der Waals surface area contributed by atoms with Crippen LogP contribution in [0.5, 0.6) is 0 Å². The van der Waals surface area contributed by atoms with Crippen LogP contribution in [0.1, 0.15) is 26.2 Å². The second kappa shape index (κ2) is 13.2. The lowest BCUT2D eigenvalue weighted by Crippen LogP contribution is -2.49. The van der Waals surface area contributed by atoms with E-state index in [1.165, 1.54) is 6.92 Å². The van der Waals surface area contributed by atoms with Gasteiger partial charge in [-0.3, -0.25) is 14.4 Å². The number of nitrogens with two attached hydrogens (primary N) is 2. The molecule has 1 aliphatic rings. The SMILES string of the molecule is CC(=O)SCC1NC(=O)CCC(N)C(=O)OOC(=O)C(N)CC(=O)OOC(=O)CNC1=O. The Bertz CT molecular complexity index is 775. The first-order valence-corrected chi connectivity index (χ1v) is 10.0. The first-order valence-electron chi connectivity index (χ1n) is 9.03. The highest BCUT2D eigenvalue weighted by Gasteiger charge is 2.27. The maximum atomic E-state index is 12.3. The molecule has 1 rings (SSSR count).